The van der Waals surface area contributed by atoms with Crippen LogP contribution in [-0.4, -0.2) is 16.3 Å². The van der Waals surface area contributed by atoms with E-state index in [0.717, 1.165) is 31.3 Å². The van der Waals surface area contributed by atoms with Crippen LogP contribution >= 0.6 is 0 Å². The fraction of sp³-hybridized carbons (Fsp3) is 0.417. The minimum Gasteiger partial charge on any atom is -0.330 e. The number of nitrogens with zero attached hydrogens (tertiary/aromatic N) is 2. The third-order valence-corrected chi connectivity index (χ3v) is 2.73. The van der Waals surface area contributed by atoms with Crippen LogP contribution in [-0.2, 0) is 13.5 Å². The lowest BCUT2D eigenvalue weighted by molar-refractivity contribution is 0.670. The highest BCUT2D eigenvalue weighted by molar-refractivity contribution is 5.81. The number of aryl methyl sites for hydroxylation is 2. The molecule has 80 valence electrons. The number of benzene rings is 1. The molecule has 1 aromatic carbocycles. The molecule has 0 atom stereocenters. The van der Waals surface area contributed by atoms with E-state index in [0.29, 0.717) is 0 Å². The van der Waals surface area contributed by atoms with Gasteiger partial charge in [-0.3, -0.25) is 4.68 Å². The van der Waals surface area contributed by atoms with Crippen LogP contribution in [0.4, 0.5) is 0 Å². The normalized spacial score (nSPS) is 11.1. The van der Waals surface area contributed by atoms with E-state index in [-0.39, 0.29) is 0 Å². The van der Waals surface area contributed by atoms with Crippen LogP contribution in [0, 0.1) is 0 Å². The van der Waals surface area contributed by atoms with Crippen molar-refractivity contribution in [1.82, 2.24) is 9.78 Å². The van der Waals surface area contributed by atoms with E-state index in [1.165, 1.54) is 11.1 Å². The van der Waals surface area contributed by atoms with Crippen molar-refractivity contribution >= 4 is 10.9 Å². The monoisotopic (exact) mass is 203 g/mol. The SMILES string of the molecule is Cn1nc2ccccc2c1CCCCN. The van der Waals surface area contributed by atoms with Crippen molar-refractivity contribution in [1.29, 1.82) is 0 Å². The second kappa shape index (κ2) is 4.45. The van der Waals surface area contributed by atoms with Crippen molar-refractivity contribution in [3.8, 4) is 0 Å². The Morgan fingerprint density at radius 2 is 2.07 bits per heavy atom. The molecule has 0 aliphatic rings. The minimum absolute atomic E-state index is 0.774. The highest BCUT2D eigenvalue weighted by atomic mass is 15.3. The lowest BCUT2D eigenvalue weighted by atomic mass is 10.1. The molecule has 3 nitrogen and oxygen atoms in total. The molecule has 2 rings (SSSR count). The number of hydrogen-bond acceptors (Lipinski definition) is 2. The van der Waals surface area contributed by atoms with Gasteiger partial charge in [0.2, 0.25) is 0 Å². The molecule has 2 N–H and O–H groups in total. The van der Waals surface area contributed by atoms with Gasteiger partial charge in [-0.05, 0) is 31.9 Å². The lowest BCUT2D eigenvalue weighted by Gasteiger charge is -2.01. The molecule has 3 heteroatoms. The van der Waals surface area contributed by atoms with Crippen molar-refractivity contribution in [2.24, 2.45) is 12.8 Å². The summed E-state index contributed by atoms with van der Waals surface area (Å²) >= 11 is 0. The predicted octanol–water partition coefficient (Wildman–Crippen LogP) is 1.85. The van der Waals surface area contributed by atoms with Gasteiger partial charge < -0.3 is 5.73 Å². The topological polar surface area (TPSA) is 43.8 Å². The molecule has 0 amide bonds. The number of unbranched alkanes of at least 4 members (excludes halogenated alkanes) is 1. The van der Waals surface area contributed by atoms with E-state index in [1.54, 1.807) is 0 Å². The van der Waals surface area contributed by atoms with Crippen LogP contribution in [0.15, 0.2) is 24.3 Å². The Morgan fingerprint density at radius 3 is 2.87 bits per heavy atom. The average molecular weight is 203 g/mol. The summed E-state index contributed by atoms with van der Waals surface area (Å²) in [6.07, 6.45) is 3.29. The van der Waals surface area contributed by atoms with Crippen LogP contribution in [0.1, 0.15) is 18.5 Å². The van der Waals surface area contributed by atoms with Gasteiger partial charge in [0.15, 0.2) is 0 Å². The summed E-state index contributed by atoms with van der Waals surface area (Å²) < 4.78 is 1.99. The van der Waals surface area contributed by atoms with E-state index < -0.39 is 0 Å². The summed E-state index contributed by atoms with van der Waals surface area (Å²) in [6.45, 7) is 0.774. The number of rotatable bonds is 4. The summed E-state index contributed by atoms with van der Waals surface area (Å²) in [7, 11) is 2.01. The molecule has 0 saturated heterocycles. The van der Waals surface area contributed by atoms with Crippen LogP contribution in [0.25, 0.3) is 10.9 Å². The van der Waals surface area contributed by atoms with Gasteiger partial charge in [0.1, 0.15) is 0 Å². The Morgan fingerprint density at radius 1 is 1.27 bits per heavy atom. The molecular formula is C12H17N3. The predicted molar refractivity (Wildman–Crippen MR) is 62.7 cm³/mol. The zero-order valence-corrected chi connectivity index (χ0v) is 9.11. The van der Waals surface area contributed by atoms with E-state index >= 15 is 0 Å². The Bertz CT molecular complexity index is 445. The molecule has 0 aliphatic heterocycles. The first-order valence-corrected chi connectivity index (χ1v) is 5.43. The van der Waals surface area contributed by atoms with Crippen molar-refractivity contribution < 1.29 is 0 Å². The fourth-order valence-corrected chi connectivity index (χ4v) is 1.93. The Kier molecular flexibility index (Phi) is 3.02. The zero-order valence-electron chi connectivity index (χ0n) is 9.11. The summed E-state index contributed by atoms with van der Waals surface area (Å²) in [5.41, 5.74) is 7.90. The largest absolute Gasteiger partial charge is 0.330 e. The number of nitrogens with two attached hydrogens (primary N) is 1. The molecule has 15 heavy (non-hydrogen) atoms. The fourth-order valence-electron chi connectivity index (χ4n) is 1.93. The third kappa shape index (κ3) is 2.02. The van der Waals surface area contributed by atoms with Gasteiger partial charge in [0.25, 0.3) is 0 Å². The number of fused-ring (bicyclic) bond motifs is 1. The van der Waals surface area contributed by atoms with Crippen LogP contribution in [0.3, 0.4) is 0 Å². The van der Waals surface area contributed by atoms with Gasteiger partial charge in [-0.2, -0.15) is 5.10 Å². The number of hydrogen-bond donors (Lipinski definition) is 1. The standard InChI is InChI=1S/C12H17N3/c1-15-12(8-4-5-9-13)10-6-2-3-7-11(10)14-15/h2-3,6-7H,4-5,8-9,13H2,1H3. The van der Waals surface area contributed by atoms with Gasteiger partial charge in [-0.25, -0.2) is 0 Å². The summed E-state index contributed by atoms with van der Waals surface area (Å²) in [5, 5.41) is 5.75. The molecule has 0 radical (unpaired) electrons. The Balaban J connectivity index is 2.28. The summed E-state index contributed by atoms with van der Waals surface area (Å²) in [6, 6.07) is 8.29. The second-order valence-electron chi connectivity index (χ2n) is 3.83. The first kappa shape index (κ1) is 10.2. The molecular weight excluding hydrogens is 186 g/mol. The van der Waals surface area contributed by atoms with Crippen LogP contribution < -0.4 is 5.73 Å². The molecule has 0 unspecified atom stereocenters. The zero-order chi connectivity index (χ0) is 10.7. The van der Waals surface area contributed by atoms with Crippen molar-refractivity contribution in [3.05, 3.63) is 30.0 Å². The maximum Gasteiger partial charge on any atom is 0.0926 e. The van der Waals surface area contributed by atoms with E-state index in [4.69, 9.17) is 5.73 Å². The van der Waals surface area contributed by atoms with Gasteiger partial charge in [0.05, 0.1) is 5.52 Å². The maximum atomic E-state index is 5.50. The summed E-state index contributed by atoms with van der Waals surface area (Å²) in [5.74, 6) is 0. The maximum absolute atomic E-state index is 5.50. The second-order valence-corrected chi connectivity index (χ2v) is 3.83. The molecule has 1 aromatic heterocycles. The van der Waals surface area contributed by atoms with Crippen molar-refractivity contribution in [2.75, 3.05) is 6.54 Å². The molecule has 2 aromatic rings. The van der Waals surface area contributed by atoms with Gasteiger partial charge in [-0.1, -0.05) is 18.2 Å². The molecule has 0 spiro atoms. The van der Waals surface area contributed by atoms with Crippen molar-refractivity contribution in [3.63, 3.8) is 0 Å². The smallest absolute Gasteiger partial charge is 0.0926 e. The Hall–Kier alpha value is -1.35. The van der Waals surface area contributed by atoms with E-state index in [9.17, 15) is 0 Å². The van der Waals surface area contributed by atoms with Crippen molar-refractivity contribution in [2.45, 2.75) is 19.3 Å². The van der Waals surface area contributed by atoms with Crippen LogP contribution in [0.2, 0.25) is 0 Å². The Labute approximate surface area is 89.9 Å². The molecule has 0 fully saturated rings. The summed E-state index contributed by atoms with van der Waals surface area (Å²) in [4.78, 5) is 0. The average Bonchev–Trinajstić information content (AvgIpc) is 2.56. The minimum atomic E-state index is 0.774. The first-order chi connectivity index (χ1) is 7.33. The molecule has 1 heterocycles. The first-order valence-electron chi connectivity index (χ1n) is 5.43. The third-order valence-electron chi connectivity index (χ3n) is 2.73. The van der Waals surface area contributed by atoms with Gasteiger partial charge in [0, 0.05) is 18.1 Å². The van der Waals surface area contributed by atoms with Gasteiger partial charge >= 0.3 is 0 Å². The van der Waals surface area contributed by atoms with E-state index in [1.807, 2.05) is 17.8 Å². The highest BCUT2D eigenvalue weighted by Gasteiger charge is 2.06. The molecule has 0 saturated carbocycles. The molecule has 0 aliphatic carbocycles. The lowest BCUT2D eigenvalue weighted by Crippen LogP contribution is -2.02. The number of aromatic nitrogens is 2. The van der Waals surface area contributed by atoms with Crippen LogP contribution in [0.5, 0.6) is 0 Å². The van der Waals surface area contributed by atoms with Gasteiger partial charge in [-0.15, -0.1) is 0 Å². The quantitative estimate of drug-likeness (QED) is 0.771. The van der Waals surface area contributed by atoms with E-state index in [2.05, 4.69) is 23.3 Å². The highest BCUT2D eigenvalue weighted by Crippen LogP contribution is 2.18. The molecule has 0 bridgehead atoms.